The Morgan fingerprint density at radius 2 is 1.73 bits per heavy atom. The summed E-state index contributed by atoms with van der Waals surface area (Å²) in [6.07, 6.45) is 12.1. The molecule has 11 heavy (non-hydrogen) atoms. The number of rotatable bonds is 7. The second-order valence-electron chi connectivity index (χ2n) is 2.90. The van der Waals surface area contributed by atoms with Crippen LogP contribution in [0.3, 0.4) is 0 Å². The lowest BCUT2D eigenvalue weighted by Crippen LogP contribution is -1.97. The van der Waals surface area contributed by atoms with Crippen molar-refractivity contribution in [3.05, 3.63) is 12.2 Å². The van der Waals surface area contributed by atoms with Crippen LogP contribution in [0.15, 0.2) is 12.2 Å². The van der Waals surface area contributed by atoms with Crippen LogP contribution in [0.5, 0.6) is 0 Å². The molecule has 1 nitrogen and oxygen atoms in total. The molecule has 0 aliphatic heterocycles. The van der Waals surface area contributed by atoms with Gasteiger partial charge in [0.25, 0.3) is 0 Å². The fourth-order valence-corrected chi connectivity index (χ4v) is 0.986. The summed E-state index contributed by atoms with van der Waals surface area (Å²) in [5.41, 5.74) is 5.37. The highest BCUT2D eigenvalue weighted by Gasteiger charge is 1.83. The number of unbranched alkanes of at least 4 members (excludes halogenated alkanes) is 4. The van der Waals surface area contributed by atoms with E-state index < -0.39 is 0 Å². The van der Waals surface area contributed by atoms with Crippen molar-refractivity contribution in [2.24, 2.45) is 5.73 Å². The smallest absolute Gasteiger partial charge is 0.00773 e. The lowest BCUT2D eigenvalue weighted by Gasteiger charge is -1.93. The van der Waals surface area contributed by atoms with Crippen LogP contribution in [-0.2, 0) is 0 Å². The van der Waals surface area contributed by atoms with Gasteiger partial charge in [-0.05, 0) is 32.2 Å². The van der Waals surface area contributed by atoms with Gasteiger partial charge < -0.3 is 5.73 Å². The van der Waals surface area contributed by atoms with Crippen LogP contribution in [-0.4, -0.2) is 6.54 Å². The van der Waals surface area contributed by atoms with Crippen LogP contribution in [0.1, 0.15) is 45.4 Å². The normalized spacial score (nSPS) is 11.1. The maximum atomic E-state index is 5.37. The zero-order valence-electron chi connectivity index (χ0n) is 7.68. The molecule has 0 fully saturated rings. The van der Waals surface area contributed by atoms with Gasteiger partial charge in [-0.2, -0.15) is 0 Å². The van der Waals surface area contributed by atoms with Crippen LogP contribution in [0, 0.1) is 0 Å². The Bertz CT molecular complexity index is 86.9. The van der Waals surface area contributed by atoms with E-state index in [4.69, 9.17) is 5.73 Å². The Balaban J connectivity index is 2.89. The Hall–Kier alpha value is -0.300. The second-order valence-corrected chi connectivity index (χ2v) is 2.90. The Morgan fingerprint density at radius 3 is 2.36 bits per heavy atom. The van der Waals surface area contributed by atoms with E-state index in [-0.39, 0.29) is 0 Å². The molecule has 0 aliphatic rings. The predicted molar refractivity (Wildman–Crippen MR) is 51.6 cm³/mol. The zero-order valence-corrected chi connectivity index (χ0v) is 7.68. The molecule has 2 N–H and O–H groups in total. The van der Waals surface area contributed by atoms with Crippen molar-refractivity contribution in [3.63, 3.8) is 0 Å². The average molecular weight is 155 g/mol. The van der Waals surface area contributed by atoms with Crippen molar-refractivity contribution in [1.29, 1.82) is 0 Å². The van der Waals surface area contributed by atoms with E-state index in [1.54, 1.807) is 0 Å². The Labute approximate surface area is 70.7 Å². The van der Waals surface area contributed by atoms with Crippen molar-refractivity contribution in [2.75, 3.05) is 6.54 Å². The first-order chi connectivity index (χ1) is 5.41. The van der Waals surface area contributed by atoms with E-state index in [0.717, 1.165) is 6.54 Å². The second kappa shape index (κ2) is 9.70. The minimum absolute atomic E-state index is 0.846. The lowest BCUT2D eigenvalue weighted by atomic mass is 10.2. The van der Waals surface area contributed by atoms with Crippen LogP contribution in [0.2, 0.25) is 0 Å². The van der Waals surface area contributed by atoms with Gasteiger partial charge in [-0.3, -0.25) is 0 Å². The highest BCUT2D eigenvalue weighted by molar-refractivity contribution is 4.80. The van der Waals surface area contributed by atoms with Gasteiger partial charge in [0.05, 0.1) is 0 Å². The van der Waals surface area contributed by atoms with Gasteiger partial charge in [-0.25, -0.2) is 0 Å². The van der Waals surface area contributed by atoms with E-state index in [1.165, 1.54) is 38.5 Å². The van der Waals surface area contributed by atoms with Gasteiger partial charge in [0, 0.05) is 0 Å². The first-order valence-electron chi connectivity index (χ1n) is 4.77. The minimum atomic E-state index is 0.846. The van der Waals surface area contributed by atoms with Gasteiger partial charge in [-0.15, -0.1) is 0 Å². The molecule has 0 rings (SSSR count). The summed E-state index contributed by atoms with van der Waals surface area (Å²) in [5.74, 6) is 0. The quantitative estimate of drug-likeness (QED) is 0.444. The SMILES string of the molecule is CCC/C=C\CCCCCN. The summed E-state index contributed by atoms with van der Waals surface area (Å²) in [6.45, 7) is 3.05. The van der Waals surface area contributed by atoms with Gasteiger partial charge in [-0.1, -0.05) is 31.9 Å². The molecule has 0 aliphatic carbocycles. The van der Waals surface area contributed by atoms with Gasteiger partial charge in [0.2, 0.25) is 0 Å². The predicted octanol–water partition coefficient (Wildman–Crippen LogP) is 2.86. The number of nitrogens with two attached hydrogens (primary N) is 1. The Morgan fingerprint density at radius 1 is 1.00 bits per heavy atom. The molecule has 0 unspecified atom stereocenters. The highest BCUT2D eigenvalue weighted by Crippen LogP contribution is 2.00. The summed E-state index contributed by atoms with van der Waals surface area (Å²) in [4.78, 5) is 0. The maximum absolute atomic E-state index is 5.37. The molecular weight excluding hydrogens is 134 g/mol. The van der Waals surface area contributed by atoms with Crippen molar-refractivity contribution >= 4 is 0 Å². The van der Waals surface area contributed by atoms with Gasteiger partial charge in [0.15, 0.2) is 0 Å². The van der Waals surface area contributed by atoms with Crippen LogP contribution in [0.4, 0.5) is 0 Å². The summed E-state index contributed by atoms with van der Waals surface area (Å²) in [6, 6.07) is 0. The first-order valence-corrected chi connectivity index (χ1v) is 4.77. The molecule has 66 valence electrons. The third-order valence-electron chi connectivity index (χ3n) is 1.70. The first kappa shape index (κ1) is 10.7. The third-order valence-corrected chi connectivity index (χ3v) is 1.70. The van der Waals surface area contributed by atoms with Crippen molar-refractivity contribution in [2.45, 2.75) is 45.4 Å². The van der Waals surface area contributed by atoms with E-state index in [1.807, 2.05) is 0 Å². The fraction of sp³-hybridized carbons (Fsp3) is 0.800. The maximum Gasteiger partial charge on any atom is -0.00773 e. The largest absolute Gasteiger partial charge is 0.330 e. The molecule has 0 bridgehead atoms. The molecule has 0 aromatic heterocycles. The third kappa shape index (κ3) is 9.70. The molecule has 1 heteroatoms. The van der Waals surface area contributed by atoms with Crippen molar-refractivity contribution in [3.8, 4) is 0 Å². The summed E-state index contributed by atoms with van der Waals surface area (Å²) >= 11 is 0. The minimum Gasteiger partial charge on any atom is -0.330 e. The molecule has 0 aromatic rings. The van der Waals surface area contributed by atoms with E-state index in [0.29, 0.717) is 0 Å². The van der Waals surface area contributed by atoms with Gasteiger partial charge >= 0.3 is 0 Å². The molecule has 0 saturated heterocycles. The van der Waals surface area contributed by atoms with Crippen molar-refractivity contribution < 1.29 is 0 Å². The zero-order chi connectivity index (χ0) is 8.36. The lowest BCUT2D eigenvalue weighted by molar-refractivity contribution is 0.694. The van der Waals surface area contributed by atoms with Crippen LogP contribution in [0.25, 0.3) is 0 Å². The van der Waals surface area contributed by atoms with Crippen molar-refractivity contribution in [1.82, 2.24) is 0 Å². The molecule has 0 radical (unpaired) electrons. The number of hydrogen-bond donors (Lipinski definition) is 1. The summed E-state index contributed by atoms with van der Waals surface area (Å²) < 4.78 is 0. The van der Waals surface area contributed by atoms with Crippen LogP contribution >= 0.6 is 0 Å². The number of allylic oxidation sites excluding steroid dienone is 2. The molecular formula is C10H21N. The monoisotopic (exact) mass is 155 g/mol. The Kier molecular flexibility index (Phi) is 9.44. The highest BCUT2D eigenvalue weighted by atomic mass is 14.5. The molecule has 0 spiro atoms. The van der Waals surface area contributed by atoms with Crippen LogP contribution < -0.4 is 5.73 Å². The van der Waals surface area contributed by atoms with E-state index >= 15 is 0 Å². The summed E-state index contributed by atoms with van der Waals surface area (Å²) in [5, 5.41) is 0. The van der Waals surface area contributed by atoms with Gasteiger partial charge in [0.1, 0.15) is 0 Å². The molecule has 0 aromatic carbocycles. The molecule has 0 saturated carbocycles. The fourth-order valence-electron chi connectivity index (χ4n) is 0.986. The standard InChI is InChI=1S/C10H21N/c1-2-3-4-5-6-7-8-9-10-11/h4-5H,2-3,6-11H2,1H3/b5-4-. The molecule has 0 amide bonds. The topological polar surface area (TPSA) is 26.0 Å². The molecule has 0 heterocycles. The molecule has 0 atom stereocenters. The average Bonchev–Trinajstić information content (AvgIpc) is 2.03. The van der Waals surface area contributed by atoms with E-state index in [9.17, 15) is 0 Å². The number of hydrogen-bond acceptors (Lipinski definition) is 1. The summed E-state index contributed by atoms with van der Waals surface area (Å²) in [7, 11) is 0. The van der Waals surface area contributed by atoms with E-state index in [2.05, 4.69) is 19.1 Å².